The summed E-state index contributed by atoms with van der Waals surface area (Å²) in [5.74, 6) is -1.46. The van der Waals surface area contributed by atoms with Crippen molar-refractivity contribution >= 4 is 17.9 Å². The minimum Gasteiger partial charge on any atom is -0.431 e. The third-order valence-corrected chi connectivity index (χ3v) is 2.97. The second kappa shape index (κ2) is 6.73. The SMILES string of the molecule is CCc1ccc(OC(C)=O)c(C(=O)Nc2nc(C(F)(F)F)co2)c1. The van der Waals surface area contributed by atoms with Crippen LogP contribution < -0.4 is 10.1 Å². The fraction of sp³-hybridized carbons (Fsp3) is 0.267. The lowest BCUT2D eigenvalue weighted by molar-refractivity contribution is -0.141. The summed E-state index contributed by atoms with van der Waals surface area (Å²) >= 11 is 0. The highest BCUT2D eigenvalue weighted by atomic mass is 19.4. The Morgan fingerprint density at radius 1 is 1.33 bits per heavy atom. The molecule has 9 heteroatoms. The number of rotatable bonds is 4. The first-order valence-electron chi connectivity index (χ1n) is 6.86. The Balaban J connectivity index is 2.28. The maximum absolute atomic E-state index is 12.5. The number of benzene rings is 1. The van der Waals surface area contributed by atoms with Crippen molar-refractivity contribution in [2.24, 2.45) is 0 Å². The molecule has 1 aromatic heterocycles. The number of carbonyl (C=O) groups excluding carboxylic acids is 2. The molecule has 0 bridgehead atoms. The Kier molecular flexibility index (Phi) is 4.91. The number of aromatic nitrogens is 1. The first-order valence-corrected chi connectivity index (χ1v) is 6.86. The monoisotopic (exact) mass is 342 g/mol. The summed E-state index contributed by atoms with van der Waals surface area (Å²) in [4.78, 5) is 26.5. The minimum atomic E-state index is -4.68. The summed E-state index contributed by atoms with van der Waals surface area (Å²) < 4.78 is 46.9. The molecule has 2 aromatic rings. The lowest BCUT2D eigenvalue weighted by Crippen LogP contribution is -2.16. The van der Waals surface area contributed by atoms with E-state index in [4.69, 9.17) is 4.74 Å². The molecule has 1 N–H and O–H groups in total. The first kappa shape index (κ1) is 17.5. The number of anilines is 1. The maximum atomic E-state index is 12.5. The number of ether oxygens (including phenoxy) is 1. The molecule has 0 atom stereocenters. The van der Waals surface area contributed by atoms with Crippen molar-refractivity contribution in [3.8, 4) is 5.75 Å². The molecule has 0 saturated heterocycles. The van der Waals surface area contributed by atoms with Crippen molar-refractivity contribution in [2.45, 2.75) is 26.4 Å². The number of amides is 1. The van der Waals surface area contributed by atoms with Crippen LogP contribution in [0.15, 0.2) is 28.9 Å². The van der Waals surface area contributed by atoms with E-state index in [0.717, 1.165) is 5.56 Å². The second-order valence-corrected chi connectivity index (χ2v) is 4.77. The molecular formula is C15H13F3N2O4. The van der Waals surface area contributed by atoms with Gasteiger partial charge in [-0.2, -0.15) is 18.2 Å². The van der Waals surface area contributed by atoms with E-state index < -0.39 is 29.8 Å². The van der Waals surface area contributed by atoms with Gasteiger partial charge in [0.1, 0.15) is 12.0 Å². The van der Waals surface area contributed by atoms with Crippen LogP contribution in [0.2, 0.25) is 0 Å². The Labute approximate surface area is 134 Å². The first-order chi connectivity index (χ1) is 11.2. The van der Waals surface area contributed by atoms with E-state index in [1.54, 1.807) is 6.07 Å². The fourth-order valence-corrected chi connectivity index (χ4v) is 1.84. The molecule has 0 aliphatic heterocycles. The van der Waals surface area contributed by atoms with Crippen LogP contribution in [0.25, 0.3) is 0 Å². The van der Waals surface area contributed by atoms with Crippen molar-refractivity contribution in [1.29, 1.82) is 0 Å². The van der Waals surface area contributed by atoms with Crippen LogP contribution in [0.3, 0.4) is 0 Å². The van der Waals surface area contributed by atoms with Gasteiger partial charge in [-0.15, -0.1) is 0 Å². The molecule has 2 rings (SSSR count). The number of oxazole rings is 1. The number of carbonyl (C=O) groups is 2. The molecule has 128 valence electrons. The summed E-state index contributed by atoms with van der Waals surface area (Å²) in [6.45, 7) is 3.02. The number of nitrogens with one attached hydrogen (secondary N) is 1. The van der Waals surface area contributed by atoms with Crippen LogP contribution in [-0.4, -0.2) is 16.9 Å². The van der Waals surface area contributed by atoms with Gasteiger partial charge < -0.3 is 9.15 Å². The van der Waals surface area contributed by atoms with Crippen LogP contribution in [0, 0.1) is 0 Å². The zero-order valence-corrected chi connectivity index (χ0v) is 12.7. The Morgan fingerprint density at radius 2 is 2.04 bits per heavy atom. The molecule has 0 saturated carbocycles. The molecule has 0 fully saturated rings. The van der Waals surface area contributed by atoms with E-state index in [1.165, 1.54) is 19.1 Å². The number of hydrogen-bond acceptors (Lipinski definition) is 5. The summed E-state index contributed by atoms with van der Waals surface area (Å²) in [7, 11) is 0. The van der Waals surface area contributed by atoms with Crippen LogP contribution in [-0.2, 0) is 17.4 Å². The minimum absolute atomic E-state index is 0.0141. The highest BCUT2D eigenvalue weighted by Gasteiger charge is 2.35. The van der Waals surface area contributed by atoms with Crippen molar-refractivity contribution in [2.75, 3.05) is 5.32 Å². The summed E-state index contributed by atoms with van der Waals surface area (Å²) in [6.07, 6.45) is -3.68. The zero-order chi connectivity index (χ0) is 17.9. The van der Waals surface area contributed by atoms with Gasteiger partial charge in [0.15, 0.2) is 5.69 Å². The van der Waals surface area contributed by atoms with Gasteiger partial charge in [-0.1, -0.05) is 13.0 Å². The van der Waals surface area contributed by atoms with Crippen LogP contribution in [0.4, 0.5) is 19.2 Å². The molecule has 0 radical (unpaired) electrons. The van der Waals surface area contributed by atoms with Gasteiger partial charge in [0, 0.05) is 6.92 Å². The van der Waals surface area contributed by atoms with Crippen molar-refractivity contribution in [1.82, 2.24) is 4.98 Å². The molecule has 0 spiro atoms. The molecule has 24 heavy (non-hydrogen) atoms. The largest absolute Gasteiger partial charge is 0.436 e. The average molecular weight is 342 g/mol. The Bertz CT molecular complexity index is 768. The van der Waals surface area contributed by atoms with Gasteiger partial charge in [0.05, 0.1) is 5.56 Å². The molecule has 1 amide bonds. The molecule has 0 aliphatic carbocycles. The number of hydrogen-bond donors (Lipinski definition) is 1. The van der Waals surface area contributed by atoms with E-state index in [-0.39, 0.29) is 11.3 Å². The summed E-state index contributed by atoms with van der Waals surface area (Å²) in [5.41, 5.74) is -0.504. The predicted molar refractivity (Wildman–Crippen MR) is 76.6 cm³/mol. The highest BCUT2D eigenvalue weighted by Crippen LogP contribution is 2.29. The number of alkyl halides is 3. The quantitative estimate of drug-likeness (QED) is 0.680. The third-order valence-electron chi connectivity index (χ3n) is 2.97. The lowest BCUT2D eigenvalue weighted by Gasteiger charge is -2.09. The van der Waals surface area contributed by atoms with E-state index >= 15 is 0 Å². The Hall–Kier alpha value is -2.84. The topological polar surface area (TPSA) is 81.4 Å². The standard InChI is InChI=1S/C15H13F3N2O4/c1-3-9-4-5-11(24-8(2)21)10(6-9)13(22)20-14-19-12(7-23-14)15(16,17)18/h4-7H,3H2,1-2H3,(H,19,20,22). The van der Waals surface area contributed by atoms with Crippen molar-refractivity contribution in [3.63, 3.8) is 0 Å². The zero-order valence-electron chi connectivity index (χ0n) is 12.7. The average Bonchev–Trinajstić information content (AvgIpc) is 2.95. The van der Waals surface area contributed by atoms with E-state index in [9.17, 15) is 22.8 Å². The van der Waals surface area contributed by atoms with Gasteiger partial charge >= 0.3 is 18.2 Å². The molecule has 1 heterocycles. The Morgan fingerprint density at radius 3 is 2.58 bits per heavy atom. The molecule has 0 aliphatic rings. The van der Waals surface area contributed by atoms with Crippen molar-refractivity contribution < 1.29 is 31.9 Å². The number of esters is 1. The number of nitrogens with zero attached hydrogens (tertiary/aromatic N) is 1. The van der Waals surface area contributed by atoms with Crippen LogP contribution in [0.1, 0.15) is 35.5 Å². The van der Waals surface area contributed by atoms with E-state index in [2.05, 4.69) is 14.7 Å². The van der Waals surface area contributed by atoms with Gasteiger partial charge in [-0.3, -0.25) is 14.9 Å². The maximum Gasteiger partial charge on any atom is 0.436 e. The van der Waals surface area contributed by atoms with E-state index in [0.29, 0.717) is 12.7 Å². The summed E-state index contributed by atoms with van der Waals surface area (Å²) in [6, 6.07) is 3.97. The van der Waals surface area contributed by atoms with Gasteiger partial charge in [-0.05, 0) is 24.1 Å². The number of halogens is 3. The third kappa shape index (κ3) is 4.12. The van der Waals surface area contributed by atoms with E-state index in [1.807, 2.05) is 6.92 Å². The van der Waals surface area contributed by atoms with Crippen molar-refractivity contribution in [3.05, 3.63) is 41.3 Å². The van der Waals surface area contributed by atoms with Gasteiger partial charge in [0.2, 0.25) is 0 Å². The highest BCUT2D eigenvalue weighted by molar-refractivity contribution is 6.05. The molecular weight excluding hydrogens is 329 g/mol. The van der Waals surface area contributed by atoms with Crippen LogP contribution >= 0.6 is 0 Å². The second-order valence-electron chi connectivity index (χ2n) is 4.77. The molecule has 0 unspecified atom stereocenters. The predicted octanol–water partition coefficient (Wildman–Crippen LogP) is 3.43. The number of aryl methyl sites for hydroxylation is 1. The smallest absolute Gasteiger partial charge is 0.431 e. The normalized spacial score (nSPS) is 11.2. The molecule has 6 nitrogen and oxygen atoms in total. The lowest BCUT2D eigenvalue weighted by atomic mass is 10.1. The van der Waals surface area contributed by atoms with Crippen LogP contribution in [0.5, 0.6) is 5.75 Å². The summed E-state index contributed by atoms with van der Waals surface area (Å²) in [5, 5.41) is 2.11. The van der Waals surface area contributed by atoms with Gasteiger partial charge in [-0.25, -0.2) is 0 Å². The fourth-order valence-electron chi connectivity index (χ4n) is 1.84. The van der Waals surface area contributed by atoms with Gasteiger partial charge in [0.25, 0.3) is 5.91 Å². The molecule has 1 aromatic carbocycles.